The molecule has 0 saturated heterocycles. The Morgan fingerprint density at radius 3 is 2.68 bits per heavy atom. The molecule has 0 amide bonds. The molecule has 0 spiro atoms. The molecule has 0 bridgehead atoms. The maximum Gasteiger partial charge on any atom is 0.240 e. The van der Waals surface area contributed by atoms with Crippen LogP contribution >= 0.6 is 0 Å². The largest absolute Gasteiger partial charge is 0.476 e. The molecule has 0 saturated carbocycles. The van der Waals surface area contributed by atoms with Crippen LogP contribution in [0, 0.1) is 0 Å². The molecule has 0 aliphatic carbocycles. The smallest absolute Gasteiger partial charge is 0.240 e. The monoisotopic (exact) mass is 266 g/mol. The third-order valence-corrected chi connectivity index (χ3v) is 2.93. The number of unbranched alkanes of at least 4 members (excludes halogenated alkanes) is 3. The minimum atomic E-state index is 0.169. The van der Waals surface area contributed by atoms with Crippen molar-refractivity contribution in [3.05, 3.63) is 12.1 Å². The van der Waals surface area contributed by atoms with E-state index in [1.54, 1.807) is 12.1 Å². The van der Waals surface area contributed by atoms with Gasteiger partial charge in [0, 0.05) is 6.07 Å². The molecule has 19 heavy (non-hydrogen) atoms. The van der Waals surface area contributed by atoms with E-state index in [1.807, 2.05) is 6.92 Å². The second-order valence-electron chi connectivity index (χ2n) is 4.75. The topological polar surface area (TPSA) is 57.4 Å². The second-order valence-corrected chi connectivity index (χ2v) is 4.75. The molecule has 0 aromatic carbocycles. The Kier molecular flexibility index (Phi) is 7.08. The minimum absolute atomic E-state index is 0.169. The number of rotatable bonds is 9. The maximum absolute atomic E-state index is 5.79. The summed E-state index contributed by atoms with van der Waals surface area (Å²) in [5.41, 5.74) is 6.32. The SMILES string of the molecule is CCCCCCC(C)Oc1ccc(N)c(OCC)n1. The van der Waals surface area contributed by atoms with Gasteiger partial charge in [0.2, 0.25) is 11.8 Å². The van der Waals surface area contributed by atoms with E-state index in [4.69, 9.17) is 15.2 Å². The summed E-state index contributed by atoms with van der Waals surface area (Å²) in [4.78, 5) is 4.28. The minimum Gasteiger partial charge on any atom is -0.476 e. The third kappa shape index (κ3) is 5.81. The summed E-state index contributed by atoms with van der Waals surface area (Å²) in [6.45, 7) is 6.75. The summed E-state index contributed by atoms with van der Waals surface area (Å²) in [5.74, 6) is 1.04. The number of hydrogen-bond donors (Lipinski definition) is 1. The van der Waals surface area contributed by atoms with Crippen LogP contribution in [0.1, 0.15) is 52.9 Å². The fraction of sp³-hybridized carbons (Fsp3) is 0.667. The third-order valence-electron chi connectivity index (χ3n) is 2.93. The van der Waals surface area contributed by atoms with Gasteiger partial charge in [-0.1, -0.05) is 26.2 Å². The summed E-state index contributed by atoms with van der Waals surface area (Å²) in [6, 6.07) is 3.57. The second kappa shape index (κ2) is 8.62. The molecule has 4 heteroatoms. The number of pyridine rings is 1. The number of anilines is 1. The predicted molar refractivity (Wildman–Crippen MR) is 78.7 cm³/mol. The molecule has 1 rings (SSSR count). The van der Waals surface area contributed by atoms with Gasteiger partial charge in [0.1, 0.15) is 0 Å². The van der Waals surface area contributed by atoms with Crippen molar-refractivity contribution in [2.24, 2.45) is 0 Å². The van der Waals surface area contributed by atoms with E-state index in [2.05, 4.69) is 18.8 Å². The van der Waals surface area contributed by atoms with Crippen LogP contribution in [0.3, 0.4) is 0 Å². The van der Waals surface area contributed by atoms with Gasteiger partial charge < -0.3 is 15.2 Å². The van der Waals surface area contributed by atoms with Crippen LogP contribution in [0.5, 0.6) is 11.8 Å². The zero-order valence-electron chi connectivity index (χ0n) is 12.3. The standard InChI is InChI=1S/C15H26N2O2/c1-4-6-7-8-9-12(3)19-14-11-10-13(16)15(17-14)18-5-2/h10-12H,4-9,16H2,1-3H3. The van der Waals surface area contributed by atoms with Gasteiger partial charge in [-0.3, -0.25) is 0 Å². The molecule has 0 aliphatic rings. The van der Waals surface area contributed by atoms with Crippen LogP contribution in [0.4, 0.5) is 5.69 Å². The van der Waals surface area contributed by atoms with E-state index in [0.29, 0.717) is 24.1 Å². The lowest BCUT2D eigenvalue weighted by Gasteiger charge is -2.15. The zero-order chi connectivity index (χ0) is 14.1. The Hall–Kier alpha value is -1.45. The van der Waals surface area contributed by atoms with Crippen LogP contribution in [0.15, 0.2) is 12.1 Å². The van der Waals surface area contributed by atoms with Gasteiger partial charge >= 0.3 is 0 Å². The fourth-order valence-electron chi connectivity index (χ4n) is 1.88. The van der Waals surface area contributed by atoms with Crippen molar-refractivity contribution in [3.63, 3.8) is 0 Å². The number of aromatic nitrogens is 1. The Morgan fingerprint density at radius 2 is 2.00 bits per heavy atom. The Bertz CT molecular complexity index is 369. The molecule has 1 aromatic heterocycles. The highest BCUT2D eigenvalue weighted by Gasteiger charge is 2.08. The van der Waals surface area contributed by atoms with Crippen molar-refractivity contribution in [2.45, 2.75) is 59.0 Å². The quantitative estimate of drug-likeness (QED) is 0.691. The number of nitrogen functional groups attached to an aromatic ring is 1. The summed E-state index contributed by atoms with van der Waals surface area (Å²) in [5, 5.41) is 0. The highest BCUT2D eigenvalue weighted by Crippen LogP contribution is 2.23. The average Bonchev–Trinajstić information content (AvgIpc) is 2.39. The highest BCUT2D eigenvalue weighted by atomic mass is 16.5. The van der Waals surface area contributed by atoms with Gasteiger partial charge in [0.05, 0.1) is 18.4 Å². The van der Waals surface area contributed by atoms with E-state index in [9.17, 15) is 0 Å². The summed E-state index contributed by atoms with van der Waals surface area (Å²) >= 11 is 0. The molecule has 1 unspecified atom stereocenters. The molecular formula is C15H26N2O2. The van der Waals surface area contributed by atoms with Crippen molar-refractivity contribution in [2.75, 3.05) is 12.3 Å². The molecule has 0 aliphatic heterocycles. The molecule has 0 fully saturated rings. The van der Waals surface area contributed by atoms with E-state index < -0.39 is 0 Å². The lowest BCUT2D eigenvalue weighted by molar-refractivity contribution is 0.195. The van der Waals surface area contributed by atoms with E-state index >= 15 is 0 Å². The molecule has 2 N–H and O–H groups in total. The highest BCUT2D eigenvalue weighted by molar-refractivity contribution is 5.49. The number of nitrogens with zero attached hydrogens (tertiary/aromatic N) is 1. The van der Waals surface area contributed by atoms with E-state index in [-0.39, 0.29) is 6.10 Å². The first-order valence-corrected chi connectivity index (χ1v) is 7.23. The molecule has 1 aromatic rings. The average molecular weight is 266 g/mol. The van der Waals surface area contributed by atoms with Crippen LogP contribution in [-0.4, -0.2) is 17.7 Å². The molecular weight excluding hydrogens is 240 g/mol. The number of hydrogen-bond acceptors (Lipinski definition) is 4. The first-order valence-electron chi connectivity index (χ1n) is 7.23. The first-order chi connectivity index (χ1) is 9.17. The number of nitrogens with two attached hydrogens (primary N) is 1. The van der Waals surface area contributed by atoms with Crippen molar-refractivity contribution in [3.8, 4) is 11.8 Å². The molecule has 108 valence electrons. The van der Waals surface area contributed by atoms with Gasteiger partial charge in [-0.25, -0.2) is 0 Å². The first kappa shape index (κ1) is 15.6. The Balaban J connectivity index is 2.45. The Labute approximate surface area is 116 Å². The van der Waals surface area contributed by atoms with Crippen molar-refractivity contribution >= 4 is 5.69 Å². The normalized spacial score (nSPS) is 12.2. The lowest BCUT2D eigenvalue weighted by Crippen LogP contribution is -2.13. The van der Waals surface area contributed by atoms with Crippen LogP contribution in [-0.2, 0) is 0 Å². The molecule has 4 nitrogen and oxygen atoms in total. The van der Waals surface area contributed by atoms with Gasteiger partial charge in [-0.05, 0) is 32.8 Å². The van der Waals surface area contributed by atoms with Crippen LogP contribution in [0.2, 0.25) is 0 Å². The number of ether oxygens (including phenoxy) is 2. The molecule has 0 radical (unpaired) electrons. The summed E-state index contributed by atoms with van der Waals surface area (Å²) in [6.07, 6.45) is 6.23. The van der Waals surface area contributed by atoms with E-state index in [0.717, 1.165) is 6.42 Å². The van der Waals surface area contributed by atoms with Crippen molar-refractivity contribution in [1.29, 1.82) is 0 Å². The van der Waals surface area contributed by atoms with Gasteiger partial charge in [-0.15, -0.1) is 0 Å². The predicted octanol–water partition coefficient (Wildman–Crippen LogP) is 3.80. The van der Waals surface area contributed by atoms with Crippen LogP contribution in [0.25, 0.3) is 0 Å². The van der Waals surface area contributed by atoms with Crippen LogP contribution < -0.4 is 15.2 Å². The van der Waals surface area contributed by atoms with Gasteiger partial charge in [0.15, 0.2) is 0 Å². The maximum atomic E-state index is 5.79. The fourth-order valence-corrected chi connectivity index (χ4v) is 1.88. The lowest BCUT2D eigenvalue weighted by atomic mass is 10.1. The van der Waals surface area contributed by atoms with Gasteiger partial charge in [0.25, 0.3) is 0 Å². The van der Waals surface area contributed by atoms with E-state index in [1.165, 1.54) is 25.7 Å². The molecule has 1 heterocycles. The Morgan fingerprint density at radius 1 is 1.21 bits per heavy atom. The van der Waals surface area contributed by atoms with Crippen molar-refractivity contribution < 1.29 is 9.47 Å². The molecule has 1 atom stereocenters. The van der Waals surface area contributed by atoms with Gasteiger partial charge in [-0.2, -0.15) is 4.98 Å². The zero-order valence-corrected chi connectivity index (χ0v) is 12.3. The van der Waals surface area contributed by atoms with Crippen molar-refractivity contribution in [1.82, 2.24) is 4.98 Å². The summed E-state index contributed by atoms with van der Waals surface area (Å²) in [7, 11) is 0. The summed E-state index contributed by atoms with van der Waals surface area (Å²) < 4.78 is 11.1.